The van der Waals surface area contributed by atoms with Crippen LogP contribution in [-0.2, 0) is 11.0 Å². The lowest BCUT2D eigenvalue weighted by molar-refractivity contribution is -0.138. The molecule has 2 aromatic heterocycles. The van der Waals surface area contributed by atoms with Crippen LogP contribution in [0.15, 0.2) is 18.3 Å². The van der Waals surface area contributed by atoms with E-state index in [0.29, 0.717) is 24.7 Å². The fourth-order valence-electron chi connectivity index (χ4n) is 3.99. The van der Waals surface area contributed by atoms with Crippen LogP contribution in [0.1, 0.15) is 37.7 Å². The van der Waals surface area contributed by atoms with E-state index in [1.807, 2.05) is 9.80 Å². The Hall–Kier alpha value is -2.32. The first kappa shape index (κ1) is 18.1. The maximum atomic E-state index is 13.1. The zero-order chi connectivity index (χ0) is 19.0. The lowest BCUT2D eigenvalue weighted by Gasteiger charge is -2.36. The molecule has 1 amide bonds. The Morgan fingerprint density at radius 3 is 2.56 bits per heavy atom. The first-order valence-corrected chi connectivity index (χ1v) is 9.39. The summed E-state index contributed by atoms with van der Waals surface area (Å²) in [6.45, 7) is 2.73. The topological polar surface area (TPSA) is 53.7 Å². The van der Waals surface area contributed by atoms with Crippen LogP contribution in [0, 0.1) is 5.92 Å². The molecule has 4 heterocycles. The van der Waals surface area contributed by atoms with E-state index < -0.39 is 11.7 Å². The van der Waals surface area contributed by atoms with Gasteiger partial charge in [-0.25, -0.2) is 0 Å². The molecule has 0 radical (unpaired) electrons. The van der Waals surface area contributed by atoms with Crippen molar-refractivity contribution < 1.29 is 18.0 Å². The fraction of sp³-hybridized carbons (Fsp3) is 0.611. The van der Waals surface area contributed by atoms with Crippen molar-refractivity contribution in [2.75, 3.05) is 31.1 Å². The molecule has 1 atom stereocenters. The van der Waals surface area contributed by atoms with Gasteiger partial charge in [0.15, 0.2) is 5.65 Å². The van der Waals surface area contributed by atoms with Gasteiger partial charge in [-0.05, 0) is 44.2 Å². The highest BCUT2D eigenvalue weighted by Gasteiger charge is 2.33. The van der Waals surface area contributed by atoms with Gasteiger partial charge in [0.2, 0.25) is 11.9 Å². The van der Waals surface area contributed by atoms with E-state index in [0.717, 1.165) is 57.5 Å². The molecule has 2 saturated heterocycles. The molecule has 4 rings (SSSR count). The highest BCUT2D eigenvalue weighted by Crippen LogP contribution is 2.31. The molecule has 0 N–H and O–H groups in total. The lowest BCUT2D eigenvalue weighted by Crippen LogP contribution is -2.46. The summed E-state index contributed by atoms with van der Waals surface area (Å²) in [5.41, 5.74) is -0.378. The number of aromatic nitrogens is 3. The average molecular weight is 381 g/mol. The van der Waals surface area contributed by atoms with Crippen molar-refractivity contribution >= 4 is 17.5 Å². The van der Waals surface area contributed by atoms with E-state index in [1.54, 1.807) is 0 Å². The molecule has 0 spiro atoms. The molecule has 2 aliphatic heterocycles. The van der Waals surface area contributed by atoms with Crippen LogP contribution in [0.25, 0.3) is 5.65 Å². The van der Waals surface area contributed by atoms with Crippen LogP contribution in [0.4, 0.5) is 19.1 Å². The second-order valence-corrected chi connectivity index (χ2v) is 7.31. The van der Waals surface area contributed by atoms with Gasteiger partial charge in [-0.15, -0.1) is 10.2 Å². The molecule has 9 heteroatoms. The number of alkyl halides is 3. The van der Waals surface area contributed by atoms with Gasteiger partial charge < -0.3 is 9.80 Å². The highest BCUT2D eigenvalue weighted by molar-refractivity contribution is 5.79. The lowest BCUT2D eigenvalue weighted by atomic mass is 9.95. The van der Waals surface area contributed by atoms with Crippen molar-refractivity contribution in [2.45, 2.75) is 38.3 Å². The average Bonchev–Trinajstić information content (AvgIpc) is 3.11. The van der Waals surface area contributed by atoms with Crippen molar-refractivity contribution in [1.29, 1.82) is 0 Å². The third kappa shape index (κ3) is 3.59. The van der Waals surface area contributed by atoms with Crippen LogP contribution in [-0.4, -0.2) is 51.6 Å². The summed E-state index contributed by atoms with van der Waals surface area (Å²) >= 11 is 0. The minimum atomic E-state index is -4.43. The monoisotopic (exact) mass is 381 g/mol. The first-order valence-electron chi connectivity index (χ1n) is 9.39. The number of anilines is 1. The van der Waals surface area contributed by atoms with Gasteiger partial charge in [0.25, 0.3) is 0 Å². The number of likely N-dealkylation sites (tertiary alicyclic amines) is 1. The number of carbonyl (C=O) groups excluding carboxylic acids is 1. The largest absolute Gasteiger partial charge is 0.417 e. The van der Waals surface area contributed by atoms with Gasteiger partial charge in [0.1, 0.15) is 0 Å². The Morgan fingerprint density at radius 1 is 1.04 bits per heavy atom. The van der Waals surface area contributed by atoms with E-state index in [-0.39, 0.29) is 11.8 Å². The van der Waals surface area contributed by atoms with E-state index in [1.165, 1.54) is 10.5 Å². The molecule has 0 bridgehead atoms. The second-order valence-electron chi connectivity index (χ2n) is 7.31. The molecule has 6 nitrogen and oxygen atoms in total. The summed E-state index contributed by atoms with van der Waals surface area (Å²) in [5, 5.41) is 8.08. The van der Waals surface area contributed by atoms with Crippen LogP contribution < -0.4 is 4.90 Å². The van der Waals surface area contributed by atoms with Crippen LogP contribution in [0.3, 0.4) is 0 Å². The Balaban J connectivity index is 1.56. The maximum absolute atomic E-state index is 13.1. The number of hydrogen-bond acceptors (Lipinski definition) is 4. The standard InChI is InChI=1S/C18H22F3N5O/c19-18(20,21)14-6-7-15-22-23-17(26(15)12-14)25-10-4-5-13(11-25)16(27)24-8-2-1-3-9-24/h6-7,12-13H,1-5,8-11H2. The summed E-state index contributed by atoms with van der Waals surface area (Å²) in [5.74, 6) is 0.381. The number of hydrogen-bond donors (Lipinski definition) is 0. The Kier molecular flexibility index (Phi) is 4.69. The molecule has 27 heavy (non-hydrogen) atoms. The summed E-state index contributed by atoms with van der Waals surface area (Å²) in [4.78, 5) is 16.6. The molecule has 2 fully saturated rings. The third-order valence-corrected chi connectivity index (χ3v) is 5.43. The van der Waals surface area contributed by atoms with Gasteiger partial charge >= 0.3 is 6.18 Å². The van der Waals surface area contributed by atoms with Gasteiger partial charge in [0, 0.05) is 32.4 Å². The Labute approximate surface area is 155 Å². The van der Waals surface area contributed by atoms with Crippen molar-refractivity contribution in [2.24, 2.45) is 5.92 Å². The van der Waals surface area contributed by atoms with Gasteiger partial charge in [-0.2, -0.15) is 13.2 Å². The number of nitrogens with zero attached hydrogens (tertiary/aromatic N) is 5. The fourth-order valence-corrected chi connectivity index (χ4v) is 3.99. The Bertz CT molecular complexity index is 828. The summed E-state index contributed by atoms with van der Waals surface area (Å²) in [6, 6.07) is 2.33. The van der Waals surface area contributed by atoms with E-state index in [4.69, 9.17) is 0 Å². The minimum Gasteiger partial charge on any atom is -0.342 e. The quantitative estimate of drug-likeness (QED) is 0.803. The van der Waals surface area contributed by atoms with Gasteiger partial charge in [-0.3, -0.25) is 9.20 Å². The van der Waals surface area contributed by atoms with Crippen molar-refractivity contribution in [3.8, 4) is 0 Å². The Morgan fingerprint density at radius 2 is 1.81 bits per heavy atom. The molecular weight excluding hydrogens is 359 g/mol. The van der Waals surface area contributed by atoms with Crippen molar-refractivity contribution in [1.82, 2.24) is 19.5 Å². The molecule has 2 aliphatic rings. The SMILES string of the molecule is O=C(C1CCCN(c2nnc3ccc(C(F)(F)F)cn23)C1)N1CCCCC1. The zero-order valence-corrected chi connectivity index (χ0v) is 15.0. The molecule has 1 unspecified atom stereocenters. The number of pyridine rings is 1. The van der Waals surface area contributed by atoms with Crippen LogP contribution in [0.2, 0.25) is 0 Å². The summed E-state index contributed by atoms with van der Waals surface area (Å²) in [7, 11) is 0. The van der Waals surface area contributed by atoms with E-state index in [9.17, 15) is 18.0 Å². The van der Waals surface area contributed by atoms with Crippen molar-refractivity contribution in [3.63, 3.8) is 0 Å². The normalized spacial score (nSPS) is 21.7. The number of piperidine rings is 2. The molecule has 0 aromatic carbocycles. The van der Waals surface area contributed by atoms with E-state index >= 15 is 0 Å². The number of halogens is 3. The van der Waals surface area contributed by atoms with Crippen LogP contribution in [0.5, 0.6) is 0 Å². The molecule has 146 valence electrons. The van der Waals surface area contributed by atoms with Crippen LogP contribution >= 0.6 is 0 Å². The second kappa shape index (κ2) is 7.01. The summed E-state index contributed by atoms with van der Waals surface area (Å²) < 4.78 is 40.5. The molecule has 0 saturated carbocycles. The zero-order valence-electron chi connectivity index (χ0n) is 15.0. The third-order valence-electron chi connectivity index (χ3n) is 5.43. The predicted octanol–water partition coefficient (Wildman–Crippen LogP) is 2.98. The molecular formula is C18H22F3N5O. The summed E-state index contributed by atoms with van der Waals surface area (Å²) in [6.07, 6.45) is 1.45. The number of fused-ring (bicyclic) bond motifs is 1. The van der Waals surface area contributed by atoms with Crippen molar-refractivity contribution in [3.05, 3.63) is 23.9 Å². The molecule has 2 aromatic rings. The molecule has 0 aliphatic carbocycles. The first-order chi connectivity index (χ1) is 12.9. The number of amides is 1. The van der Waals surface area contributed by atoms with E-state index in [2.05, 4.69) is 10.2 Å². The van der Waals surface area contributed by atoms with Gasteiger partial charge in [-0.1, -0.05) is 0 Å². The number of rotatable bonds is 2. The highest BCUT2D eigenvalue weighted by atomic mass is 19.4. The smallest absolute Gasteiger partial charge is 0.342 e. The minimum absolute atomic E-state index is 0.144. The number of carbonyl (C=O) groups is 1. The van der Waals surface area contributed by atoms with Gasteiger partial charge in [0.05, 0.1) is 11.5 Å². The predicted molar refractivity (Wildman–Crippen MR) is 93.4 cm³/mol. The maximum Gasteiger partial charge on any atom is 0.417 e.